The minimum absolute atomic E-state index is 0.0438. The van der Waals surface area contributed by atoms with Crippen LogP contribution in [0.4, 0.5) is 11.4 Å². The van der Waals surface area contributed by atoms with Gasteiger partial charge in [0.05, 0.1) is 31.7 Å². The first-order chi connectivity index (χ1) is 15.2. The number of hydrogen-bond acceptors (Lipinski definition) is 4. The molecule has 1 aromatic heterocycles. The monoisotopic (exact) mass is 505 g/mol. The lowest BCUT2D eigenvalue weighted by Crippen LogP contribution is -2.18. The maximum absolute atomic E-state index is 13.0. The Balaban J connectivity index is 1.65. The number of nitrogens with one attached hydrogen (secondary N) is 2. The molecule has 1 amide bonds. The van der Waals surface area contributed by atoms with E-state index >= 15 is 0 Å². The molecule has 0 aliphatic heterocycles. The summed E-state index contributed by atoms with van der Waals surface area (Å²) in [6.45, 7) is 0. The first-order valence-corrected chi connectivity index (χ1v) is 11.8. The van der Waals surface area contributed by atoms with Gasteiger partial charge in [0.1, 0.15) is 0 Å². The third-order valence-corrected chi connectivity index (χ3v) is 6.87. The second-order valence-electron chi connectivity index (χ2n) is 6.74. The summed E-state index contributed by atoms with van der Waals surface area (Å²) in [5, 5.41) is 4.26. The van der Waals surface area contributed by atoms with Crippen LogP contribution in [0.5, 0.6) is 0 Å². The van der Waals surface area contributed by atoms with E-state index < -0.39 is 15.9 Å². The van der Waals surface area contributed by atoms with Crippen LogP contribution in [-0.2, 0) is 10.0 Å². The van der Waals surface area contributed by atoms with Crippen LogP contribution in [0, 0.1) is 0 Å². The van der Waals surface area contributed by atoms with Crippen LogP contribution >= 0.6 is 34.8 Å². The van der Waals surface area contributed by atoms with Crippen LogP contribution in [0.1, 0.15) is 10.4 Å². The van der Waals surface area contributed by atoms with E-state index in [0.29, 0.717) is 11.2 Å². The fourth-order valence-electron chi connectivity index (χ4n) is 2.98. The van der Waals surface area contributed by atoms with Gasteiger partial charge < -0.3 is 5.32 Å². The lowest BCUT2D eigenvalue weighted by Gasteiger charge is -2.14. The fraction of sp³-hybridized carbons (Fsp3) is 0. The molecule has 0 fully saturated rings. The summed E-state index contributed by atoms with van der Waals surface area (Å²) in [5.74, 6) is -0.547. The molecule has 0 aliphatic rings. The summed E-state index contributed by atoms with van der Waals surface area (Å²) in [6, 6.07) is 17.2. The SMILES string of the molecule is O=C(Nc1ccc2cccnc2c1)c1cc(Cl)ccc1NS(=O)(=O)c1ccc(Cl)c(Cl)c1. The number of aromatic nitrogens is 1. The molecule has 0 saturated carbocycles. The topological polar surface area (TPSA) is 88.2 Å². The number of anilines is 2. The Hall–Kier alpha value is -2.84. The van der Waals surface area contributed by atoms with Gasteiger partial charge >= 0.3 is 0 Å². The second kappa shape index (κ2) is 8.96. The molecule has 1 heterocycles. The molecule has 162 valence electrons. The third-order valence-electron chi connectivity index (χ3n) is 4.54. The van der Waals surface area contributed by atoms with Crippen molar-refractivity contribution in [1.29, 1.82) is 0 Å². The molecule has 0 radical (unpaired) electrons. The number of carbonyl (C=O) groups excluding carboxylic acids is 1. The highest BCUT2D eigenvalue weighted by molar-refractivity contribution is 7.92. The van der Waals surface area contributed by atoms with Crippen molar-refractivity contribution in [2.24, 2.45) is 0 Å². The number of sulfonamides is 1. The van der Waals surface area contributed by atoms with E-state index in [2.05, 4.69) is 15.0 Å². The number of amides is 1. The Morgan fingerprint density at radius 2 is 1.69 bits per heavy atom. The highest BCUT2D eigenvalue weighted by Crippen LogP contribution is 2.28. The summed E-state index contributed by atoms with van der Waals surface area (Å²) in [5.41, 5.74) is 1.30. The summed E-state index contributed by atoms with van der Waals surface area (Å²) in [6.07, 6.45) is 1.65. The predicted octanol–water partition coefficient (Wildman–Crippen LogP) is 6.25. The first-order valence-electron chi connectivity index (χ1n) is 9.16. The van der Waals surface area contributed by atoms with Crippen molar-refractivity contribution in [2.75, 3.05) is 10.0 Å². The maximum atomic E-state index is 13.0. The molecule has 0 aliphatic carbocycles. The van der Waals surface area contributed by atoms with Crippen molar-refractivity contribution in [3.05, 3.63) is 93.6 Å². The van der Waals surface area contributed by atoms with Gasteiger partial charge in [0.2, 0.25) is 0 Å². The largest absolute Gasteiger partial charge is 0.322 e. The first kappa shape index (κ1) is 22.4. The van der Waals surface area contributed by atoms with E-state index in [1.54, 1.807) is 18.3 Å². The zero-order valence-corrected chi connectivity index (χ0v) is 19.2. The molecule has 4 aromatic rings. The van der Waals surface area contributed by atoms with Gasteiger partial charge in [-0.25, -0.2) is 8.42 Å². The van der Waals surface area contributed by atoms with Gasteiger partial charge in [0.15, 0.2) is 0 Å². The van der Waals surface area contributed by atoms with Crippen molar-refractivity contribution in [1.82, 2.24) is 4.98 Å². The van der Waals surface area contributed by atoms with Crippen LogP contribution in [0.3, 0.4) is 0 Å². The van der Waals surface area contributed by atoms with Gasteiger partial charge in [-0.1, -0.05) is 46.9 Å². The number of nitrogens with zero attached hydrogens (tertiary/aromatic N) is 1. The smallest absolute Gasteiger partial charge is 0.261 e. The zero-order chi connectivity index (χ0) is 22.9. The minimum Gasteiger partial charge on any atom is -0.322 e. The minimum atomic E-state index is -4.05. The summed E-state index contributed by atoms with van der Waals surface area (Å²) in [4.78, 5) is 17.1. The number of hydrogen-bond donors (Lipinski definition) is 2. The van der Waals surface area contributed by atoms with Crippen LogP contribution < -0.4 is 10.0 Å². The molecule has 3 aromatic carbocycles. The predicted molar refractivity (Wildman–Crippen MR) is 128 cm³/mol. The van der Waals surface area contributed by atoms with Crippen molar-refractivity contribution >= 4 is 73.0 Å². The molecule has 6 nitrogen and oxygen atoms in total. The highest BCUT2D eigenvalue weighted by Gasteiger charge is 2.20. The standard InChI is InChI=1S/C22H14Cl3N3O3S/c23-14-4-8-20(28-32(30,31)16-6-7-18(24)19(25)12-16)17(10-14)22(29)27-15-5-3-13-2-1-9-26-21(13)11-15/h1-12,28H,(H,27,29). The normalized spacial score (nSPS) is 11.3. The van der Waals surface area contributed by atoms with E-state index in [9.17, 15) is 13.2 Å². The van der Waals surface area contributed by atoms with Crippen LogP contribution in [-0.4, -0.2) is 19.3 Å². The summed E-state index contributed by atoms with van der Waals surface area (Å²) >= 11 is 17.9. The molecular formula is C22H14Cl3N3O3S. The summed E-state index contributed by atoms with van der Waals surface area (Å²) < 4.78 is 28.1. The summed E-state index contributed by atoms with van der Waals surface area (Å²) in [7, 11) is -4.05. The van der Waals surface area contributed by atoms with E-state index in [1.807, 2.05) is 18.2 Å². The number of halogens is 3. The number of benzene rings is 3. The lowest BCUT2D eigenvalue weighted by atomic mass is 10.1. The zero-order valence-electron chi connectivity index (χ0n) is 16.1. The quantitative estimate of drug-likeness (QED) is 0.335. The van der Waals surface area contributed by atoms with Crippen molar-refractivity contribution in [2.45, 2.75) is 4.90 Å². The number of rotatable bonds is 5. The lowest BCUT2D eigenvalue weighted by molar-refractivity contribution is 0.102. The van der Waals surface area contributed by atoms with Crippen molar-refractivity contribution in [3.8, 4) is 0 Å². The number of fused-ring (bicyclic) bond motifs is 1. The molecule has 32 heavy (non-hydrogen) atoms. The van der Waals surface area contributed by atoms with Gasteiger partial charge in [-0.2, -0.15) is 0 Å². The van der Waals surface area contributed by atoms with Crippen LogP contribution in [0.15, 0.2) is 77.8 Å². The third kappa shape index (κ3) is 4.81. The van der Waals surface area contributed by atoms with Gasteiger partial charge in [-0.05, 0) is 54.6 Å². The molecular weight excluding hydrogens is 493 g/mol. The molecule has 0 saturated heterocycles. The molecule has 10 heteroatoms. The molecule has 4 rings (SSSR count). The molecule has 2 N–H and O–H groups in total. The highest BCUT2D eigenvalue weighted by atomic mass is 35.5. The Kier molecular flexibility index (Phi) is 6.26. The second-order valence-corrected chi connectivity index (χ2v) is 9.67. The maximum Gasteiger partial charge on any atom is 0.261 e. The van der Waals surface area contributed by atoms with E-state index in [-0.39, 0.29) is 31.2 Å². The Labute approximate surface area is 199 Å². The Bertz CT molecular complexity index is 1460. The average molecular weight is 507 g/mol. The number of carbonyl (C=O) groups is 1. The Morgan fingerprint density at radius 1 is 0.875 bits per heavy atom. The van der Waals surface area contributed by atoms with E-state index in [1.165, 1.54) is 36.4 Å². The van der Waals surface area contributed by atoms with Crippen molar-refractivity contribution < 1.29 is 13.2 Å². The van der Waals surface area contributed by atoms with Gasteiger partial charge in [0, 0.05) is 22.3 Å². The molecule has 0 unspecified atom stereocenters. The van der Waals surface area contributed by atoms with Gasteiger partial charge in [-0.3, -0.25) is 14.5 Å². The molecule has 0 bridgehead atoms. The van der Waals surface area contributed by atoms with Crippen LogP contribution in [0.25, 0.3) is 10.9 Å². The van der Waals surface area contributed by atoms with Gasteiger partial charge in [-0.15, -0.1) is 0 Å². The van der Waals surface area contributed by atoms with Crippen molar-refractivity contribution in [3.63, 3.8) is 0 Å². The fourth-order valence-corrected chi connectivity index (χ4v) is 4.62. The van der Waals surface area contributed by atoms with Gasteiger partial charge in [0.25, 0.3) is 15.9 Å². The average Bonchev–Trinajstić information content (AvgIpc) is 2.76. The Morgan fingerprint density at radius 3 is 2.47 bits per heavy atom. The van der Waals surface area contributed by atoms with Crippen LogP contribution in [0.2, 0.25) is 15.1 Å². The molecule has 0 atom stereocenters. The number of pyridine rings is 1. The van der Waals surface area contributed by atoms with E-state index in [0.717, 1.165) is 5.39 Å². The molecule has 0 spiro atoms. The van der Waals surface area contributed by atoms with E-state index in [4.69, 9.17) is 34.8 Å².